The molecule has 1 aliphatic rings. The maximum absolute atomic E-state index is 12.2. The van der Waals surface area contributed by atoms with E-state index in [0.29, 0.717) is 0 Å². The van der Waals surface area contributed by atoms with Gasteiger partial charge < -0.3 is 5.32 Å². The van der Waals surface area contributed by atoms with Gasteiger partial charge in [0.15, 0.2) is 5.54 Å². The number of hydrogen-bond donors (Lipinski definition) is 2. The van der Waals surface area contributed by atoms with E-state index < -0.39 is 17.0 Å². The van der Waals surface area contributed by atoms with E-state index in [1.807, 2.05) is 51.1 Å². The first-order chi connectivity index (χ1) is 7.88. The summed E-state index contributed by atoms with van der Waals surface area (Å²) < 4.78 is 0. The summed E-state index contributed by atoms with van der Waals surface area (Å²) in [6.07, 6.45) is 0. The van der Waals surface area contributed by atoms with Crippen LogP contribution in [0.1, 0.15) is 26.3 Å². The molecule has 2 N–H and O–H groups in total. The molecule has 90 valence electrons. The van der Waals surface area contributed by atoms with E-state index in [4.69, 9.17) is 0 Å². The summed E-state index contributed by atoms with van der Waals surface area (Å²) >= 11 is 0. The van der Waals surface area contributed by atoms with Crippen molar-refractivity contribution in [3.8, 4) is 0 Å². The minimum absolute atomic E-state index is 0.291. The van der Waals surface area contributed by atoms with E-state index in [9.17, 15) is 9.59 Å². The molecule has 1 fully saturated rings. The Balaban J connectivity index is 2.61. The Morgan fingerprint density at radius 2 is 1.65 bits per heavy atom. The summed E-state index contributed by atoms with van der Waals surface area (Å²) in [6.45, 7) is 5.81. The zero-order chi connectivity index (χ0) is 12.7. The number of rotatable bonds is 1. The molecule has 4 nitrogen and oxygen atoms in total. The number of carbonyl (C=O) groups excluding carboxylic acids is 2. The van der Waals surface area contributed by atoms with Crippen LogP contribution in [-0.4, -0.2) is 11.9 Å². The molecule has 17 heavy (non-hydrogen) atoms. The summed E-state index contributed by atoms with van der Waals surface area (Å²) in [5.74, 6) is -0.291. The molecule has 1 saturated heterocycles. The Morgan fingerprint density at radius 3 is 2.06 bits per heavy atom. The highest BCUT2D eigenvalue weighted by Crippen LogP contribution is 2.41. The van der Waals surface area contributed by atoms with Gasteiger partial charge in [-0.1, -0.05) is 51.1 Å². The number of carbonyl (C=O) groups is 2. The van der Waals surface area contributed by atoms with Gasteiger partial charge in [0.1, 0.15) is 0 Å². The second kappa shape index (κ2) is 3.58. The molecule has 0 spiro atoms. The summed E-state index contributed by atoms with van der Waals surface area (Å²) in [4.78, 5) is 23.6. The summed E-state index contributed by atoms with van der Waals surface area (Å²) in [5.41, 5.74) is -0.605. The highest BCUT2D eigenvalue weighted by molar-refractivity contribution is 6.08. The standard InChI is InChI=1S/C13H16N2O2/c1-12(2,3)13(9-7-5-4-6-8-9)10(16)14-11(17)15-13/h4-8H,1-3H3,(H2,14,15,16,17)/t13-/m1/s1. The van der Waals surface area contributed by atoms with Crippen LogP contribution in [0.4, 0.5) is 4.79 Å². The molecule has 1 aromatic carbocycles. The highest BCUT2D eigenvalue weighted by atomic mass is 16.2. The molecular weight excluding hydrogens is 216 g/mol. The molecule has 0 aliphatic carbocycles. The number of amides is 3. The largest absolute Gasteiger partial charge is 0.322 e. The summed E-state index contributed by atoms with van der Waals surface area (Å²) in [7, 11) is 0. The molecule has 3 amide bonds. The molecule has 1 aromatic rings. The molecule has 2 rings (SSSR count). The Morgan fingerprint density at radius 1 is 1.06 bits per heavy atom. The minimum atomic E-state index is -0.995. The second-order valence-corrected chi connectivity index (χ2v) is 5.27. The normalized spacial score (nSPS) is 24.4. The van der Waals surface area contributed by atoms with E-state index in [0.717, 1.165) is 5.56 Å². The molecular formula is C13H16N2O2. The predicted octanol–water partition coefficient (Wildman–Crippen LogP) is 1.77. The first-order valence-corrected chi connectivity index (χ1v) is 5.57. The minimum Gasteiger partial charge on any atom is -0.319 e. The van der Waals surface area contributed by atoms with Crippen molar-refractivity contribution in [3.05, 3.63) is 35.9 Å². The van der Waals surface area contributed by atoms with Gasteiger partial charge in [0, 0.05) is 0 Å². The lowest BCUT2D eigenvalue weighted by Crippen LogP contribution is -2.53. The molecule has 1 aliphatic heterocycles. The zero-order valence-corrected chi connectivity index (χ0v) is 10.2. The Labute approximate surface area is 100 Å². The van der Waals surface area contributed by atoms with Gasteiger partial charge >= 0.3 is 6.03 Å². The topological polar surface area (TPSA) is 58.2 Å². The fourth-order valence-electron chi connectivity index (χ4n) is 2.31. The van der Waals surface area contributed by atoms with Crippen LogP contribution in [0.2, 0.25) is 0 Å². The monoisotopic (exact) mass is 232 g/mol. The van der Waals surface area contributed by atoms with Gasteiger partial charge in [-0.15, -0.1) is 0 Å². The van der Waals surface area contributed by atoms with Crippen molar-refractivity contribution in [1.29, 1.82) is 0 Å². The van der Waals surface area contributed by atoms with Crippen LogP contribution < -0.4 is 10.6 Å². The molecule has 0 bridgehead atoms. The molecule has 1 atom stereocenters. The van der Waals surface area contributed by atoms with Crippen LogP contribution >= 0.6 is 0 Å². The van der Waals surface area contributed by atoms with Crippen molar-refractivity contribution in [2.75, 3.05) is 0 Å². The lowest BCUT2D eigenvalue weighted by atomic mass is 9.69. The number of nitrogens with one attached hydrogen (secondary N) is 2. The van der Waals surface area contributed by atoms with Gasteiger partial charge in [0.25, 0.3) is 5.91 Å². The number of imide groups is 1. The zero-order valence-electron chi connectivity index (χ0n) is 10.2. The van der Waals surface area contributed by atoms with Crippen molar-refractivity contribution >= 4 is 11.9 Å². The summed E-state index contributed by atoms with van der Waals surface area (Å²) in [5, 5.41) is 5.10. The smallest absolute Gasteiger partial charge is 0.319 e. The van der Waals surface area contributed by atoms with Crippen LogP contribution in [0.25, 0.3) is 0 Å². The van der Waals surface area contributed by atoms with E-state index in [1.54, 1.807) is 0 Å². The van der Waals surface area contributed by atoms with E-state index in [1.165, 1.54) is 0 Å². The van der Waals surface area contributed by atoms with Crippen molar-refractivity contribution in [2.24, 2.45) is 5.41 Å². The fourth-order valence-corrected chi connectivity index (χ4v) is 2.31. The quantitative estimate of drug-likeness (QED) is 0.725. The van der Waals surface area contributed by atoms with Crippen LogP contribution in [0, 0.1) is 5.41 Å². The van der Waals surface area contributed by atoms with Crippen molar-refractivity contribution < 1.29 is 9.59 Å². The van der Waals surface area contributed by atoms with Crippen molar-refractivity contribution in [1.82, 2.24) is 10.6 Å². The van der Waals surface area contributed by atoms with Crippen LogP contribution in [-0.2, 0) is 10.3 Å². The third-order valence-electron chi connectivity index (χ3n) is 3.20. The van der Waals surface area contributed by atoms with E-state index >= 15 is 0 Å². The first kappa shape index (κ1) is 11.6. The maximum Gasteiger partial charge on any atom is 0.322 e. The molecule has 0 unspecified atom stereocenters. The summed E-state index contributed by atoms with van der Waals surface area (Å²) in [6, 6.07) is 8.89. The molecule has 4 heteroatoms. The van der Waals surface area contributed by atoms with Gasteiger partial charge in [0.2, 0.25) is 0 Å². The Bertz CT molecular complexity index is 462. The average molecular weight is 232 g/mol. The lowest BCUT2D eigenvalue weighted by Gasteiger charge is -2.39. The van der Waals surface area contributed by atoms with Crippen molar-refractivity contribution in [3.63, 3.8) is 0 Å². The number of hydrogen-bond acceptors (Lipinski definition) is 2. The molecule has 0 aromatic heterocycles. The fraction of sp³-hybridized carbons (Fsp3) is 0.385. The van der Waals surface area contributed by atoms with Crippen LogP contribution in [0.3, 0.4) is 0 Å². The molecule has 0 saturated carbocycles. The Hall–Kier alpha value is -1.84. The molecule has 0 radical (unpaired) electrons. The van der Waals surface area contributed by atoms with Gasteiger partial charge in [0.05, 0.1) is 0 Å². The second-order valence-electron chi connectivity index (χ2n) is 5.27. The highest BCUT2D eigenvalue weighted by Gasteiger charge is 2.55. The van der Waals surface area contributed by atoms with Gasteiger partial charge in [-0.3, -0.25) is 10.1 Å². The van der Waals surface area contributed by atoms with Gasteiger partial charge in [-0.2, -0.15) is 0 Å². The third-order valence-corrected chi connectivity index (χ3v) is 3.20. The van der Waals surface area contributed by atoms with Gasteiger partial charge in [-0.05, 0) is 11.0 Å². The molecule has 1 heterocycles. The van der Waals surface area contributed by atoms with Crippen molar-refractivity contribution in [2.45, 2.75) is 26.3 Å². The lowest BCUT2D eigenvalue weighted by molar-refractivity contribution is -0.128. The number of benzene rings is 1. The number of urea groups is 1. The SMILES string of the molecule is CC(C)(C)[C@]1(c2ccccc2)NC(=O)NC1=O. The first-order valence-electron chi connectivity index (χ1n) is 5.57. The average Bonchev–Trinajstić information content (AvgIpc) is 2.55. The third kappa shape index (κ3) is 1.60. The predicted molar refractivity (Wildman–Crippen MR) is 64.2 cm³/mol. The maximum atomic E-state index is 12.2. The Kier molecular flexibility index (Phi) is 2.45. The van der Waals surface area contributed by atoms with Gasteiger partial charge in [-0.25, -0.2) is 4.79 Å². The van der Waals surface area contributed by atoms with E-state index in [2.05, 4.69) is 10.6 Å². The van der Waals surface area contributed by atoms with Crippen LogP contribution in [0.15, 0.2) is 30.3 Å². The van der Waals surface area contributed by atoms with Crippen LogP contribution in [0.5, 0.6) is 0 Å². The van der Waals surface area contributed by atoms with E-state index in [-0.39, 0.29) is 5.91 Å².